The summed E-state index contributed by atoms with van der Waals surface area (Å²) in [7, 11) is 0. The average molecular weight is 348 g/mol. The predicted octanol–water partition coefficient (Wildman–Crippen LogP) is 6.26. The van der Waals surface area contributed by atoms with Gasteiger partial charge in [0.1, 0.15) is 0 Å². The molecule has 0 aliphatic heterocycles. The van der Waals surface area contributed by atoms with Gasteiger partial charge in [0.05, 0.1) is 0 Å². The third-order valence-electron chi connectivity index (χ3n) is 6.98. The van der Waals surface area contributed by atoms with E-state index >= 15 is 0 Å². The summed E-state index contributed by atoms with van der Waals surface area (Å²) in [6.07, 6.45) is 19.4. The van der Waals surface area contributed by atoms with Gasteiger partial charge in [-0.3, -0.25) is 0 Å². The minimum absolute atomic E-state index is 0.375. The van der Waals surface area contributed by atoms with Crippen molar-refractivity contribution < 1.29 is 20.3 Å². The molecule has 0 amide bonds. The zero-order valence-corrected chi connectivity index (χ0v) is 16.1. The van der Waals surface area contributed by atoms with Crippen LogP contribution < -0.4 is 0 Å². The van der Waals surface area contributed by atoms with Crippen molar-refractivity contribution in [3.05, 3.63) is 48.1 Å². The van der Waals surface area contributed by atoms with Gasteiger partial charge >= 0.3 is 129 Å². The standard InChI is InChI=1S/C11H15.C6H7.2CH3.Zr/c1-8-7-9(2)11-6-4-3-5-10(8)11;1-6-4-2-3-5-6;;;/h3-5,9,11H,6-7H2,1-2H3;2-5H,1H3;2*1H3;. The quantitative estimate of drug-likeness (QED) is 0.553. The molecule has 20 heavy (non-hydrogen) atoms. The molecule has 3 atom stereocenters. The van der Waals surface area contributed by atoms with Gasteiger partial charge in [0, 0.05) is 0 Å². The van der Waals surface area contributed by atoms with Gasteiger partial charge in [-0.05, 0) is 0 Å². The van der Waals surface area contributed by atoms with Gasteiger partial charge in [0.15, 0.2) is 0 Å². The Morgan fingerprint density at radius 1 is 1.10 bits per heavy atom. The van der Waals surface area contributed by atoms with Crippen LogP contribution >= 0.6 is 0 Å². The molecule has 0 saturated heterocycles. The molecule has 0 N–H and O–H groups in total. The maximum absolute atomic E-state index is 2.68. The SMILES string of the molecule is CC1C[C](C)([Zr]([CH3])([CH3])[C]2(C)C=CC=C2)C2=CC=CCC21. The molecular weight excluding hydrogens is 319 g/mol. The van der Waals surface area contributed by atoms with Gasteiger partial charge in [-0.15, -0.1) is 0 Å². The minimum atomic E-state index is -2.40. The number of hydrogen-bond acceptors (Lipinski definition) is 0. The summed E-state index contributed by atoms with van der Waals surface area (Å²) in [5, 5.41) is 0. The molecule has 0 bridgehead atoms. The molecule has 0 spiro atoms. The van der Waals surface area contributed by atoms with Crippen LogP contribution in [0, 0.1) is 11.8 Å². The number of rotatable bonds is 2. The van der Waals surface area contributed by atoms with Gasteiger partial charge in [0.2, 0.25) is 0 Å². The Morgan fingerprint density at radius 2 is 1.75 bits per heavy atom. The Balaban J connectivity index is 2.08. The fourth-order valence-corrected chi connectivity index (χ4v) is 14.8. The fourth-order valence-electron chi connectivity index (χ4n) is 4.88. The van der Waals surface area contributed by atoms with E-state index in [4.69, 9.17) is 0 Å². The van der Waals surface area contributed by atoms with Crippen molar-refractivity contribution in [3.8, 4) is 0 Å². The third-order valence-corrected chi connectivity index (χ3v) is 22.4. The van der Waals surface area contributed by atoms with Gasteiger partial charge < -0.3 is 0 Å². The van der Waals surface area contributed by atoms with Gasteiger partial charge in [0.25, 0.3) is 0 Å². The molecule has 3 aliphatic rings. The van der Waals surface area contributed by atoms with Crippen molar-refractivity contribution in [1.82, 2.24) is 0 Å². The molecule has 3 unspecified atom stereocenters. The van der Waals surface area contributed by atoms with E-state index in [2.05, 4.69) is 72.6 Å². The average Bonchev–Trinajstić information content (AvgIpc) is 2.96. The summed E-state index contributed by atoms with van der Waals surface area (Å²) in [5.41, 5.74) is 1.79. The second kappa shape index (κ2) is 4.67. The summed E-state index contributed by atoms with van der Waals surface area (Å²) >= 11 is -2.40. The van der Waals surface area contributed by atoms with E-state index in [1.54, 1.807) is 5.57 Å². The molecule has 1 fully saturated rings. The van der Waals surface area contributed by atoms with E-state index in [0.717, 1.165) is 11.8 Å². The van der Waals surface area contributed by atoms with Gasteiger partial charge in [-0.25, -0.2) is 0 Å². The van der Waals surface area contributed by atoms with Crippen LogP contribution in [0.25, 0.3) is 0 Å². The molecule has 3 rings (SSSR count). The van der Waals surface area contributed by atoms with Crippen LogP contribution in [-0.2, 0) is 20.3 Å². The Bertz CT molecular complexity index is 520. The molecule has 0 aromatic heterocycles. The molecule has 0 aromatic carbocycles. The zero-order valence-electron chi connectivity index (χ0n) is 13.6. The van der Waals surface area contributed by atoms with Crippen LogP contribution in [0.1, 0.15) is 33.6 Å². The van der Waals surface area contributed by atoms with Crippen LogP contribution in [0.5, 0.6) is 0 Å². The third kappa shape index (κ3) is 1.81. The van der Waals surface area contributed by atoms with E-state index in [9.17, 15) is 0 Å². The number of allylic oxidation sites excluding steroid dienone is 8. The first-order valence-corrected chi connectivity index (χ1v) is 15.4. The number of fused-ring (bicyclic) bond motifs is 1. The van der Waals surface area contributed by atoms with E-state index in [-0.39, 0.29) is 0 Å². The van der Waals surface area contributed by atoms with Crippen molar-refractivity contribution in [1.29, 1.82) is 0 Å². The summed E-state index contributed by atoms with van der Waals surface area (Å²) in [5.74, 6) is 1.67. The molecular formula is C19H28Zr. The molecule has 0 aromatic rings. The van der Waals surface area contributed by atoms with E-state index in [0.29, 0.717) is 6.25 Å². The second-order valence-electron chi connectivity index (χ2n) is 8.03. The first kappa shape index (κ1) is 14.8. The van der Waals surface area contributed by atoms with Crippen LogP contribution in [0.2, 0.25) is 15.5 Å². The summed E-state index contributed by atoms with van der Waals surface area (Å²) in [6.45, 7) is 7.58. The van der Waals surface area contributed by atoms with Crippen molar-refractivity contribution in [2.75, 3.05) is 0 Å². The topological polar surface area (TPSA) is 0 Å². The number of hydrogen-bond donors (Lipinski definition) is 0. The molecule has 1 saturated carbocycles. The Kier molecular flexibility index (Phi) is 3.45. The predicted molar refractivity (Wildman–Crippen MR) is 85.9 cm³/mol. The molecule has 3 aliphatic carbocycles. The van der Waals surface area contributed by atoms with Crippen molar-refractivity contribution >= 4 is 0 Å². The first-order valence-electron chi connectivity index (χ1n) is 8.06. The summed E-state index contributed by atoms with van der Waals surface area (Å²) < 4.78 is 6.24. The van der Waals surface area contributed by atoms with Crippen LogP contribution in [0.4, 0.5) is 0 Å². The normalized spacial score (nSPS) is 38.1. The van der Waals surface area contributed by atoms with Crippen LogP contribution in [0.3, 0.4) is 0 Å². The monoisotopic (exact) mass is 346 g/mol. The fraction of sp³-hybridized carbons (Fsp3) is 0.579. The zero-order chi connectivity index (χ0) is 14.6. The molecule has 1 heteroatoms. The van der Waals surface area contributed by atoms with E-state index < -0.39 is 20.3 Å². The van der Waals surface area contributed by atoms with Gasteiger partial charge in [-0.2, -0.15) is 0 Å². The maximum atomic E-state index is 2.68. The van der Waals surface area contributed by atoms with Gasteiger partial charge in [-0.1, -0.05) is 0 Å². The van der Waals surface area contributed by atoms with Crippen molar-refractivity contribution in [2.24, 2.45) is 11.8 Å². The Morgan fingerprint density at radius 3 is 2.40 bits per heavy atom. The molecule has 108 valence electrons. The Hall–Kier alpha value is -0.157. The second-order valence-corrected chi connectivity index (χ2v) is 21.4. The van der Waals surface area contributed by atoms with E-state index in [1.807, 2.05) is 0 Å². The molecule has 0 radical (unpaired) electrons. The molecule has 0 nitrogen and oxygen atoms in total. The Labute approximate surface area is 129 Å². The van der Waals surface area contributed by atoms with Crippen molar-refractivity contribution in [3.63, 3.8) is 0 Å². The molecule has 0 heterocycles. The van der Waals surface area contributed by atoms with E-state index in [1.165, 1.54) is 12.8 Å². The first-order chi connectivity index (χ1) is 9.32. The van der Waals surface area contributed by atoms with Crippen molar-refractivity contribution in [2.45, 2.75) is 49.1 Å². The van der Waals surface area contributed by atoms with Crippen LogP contribution in [-0.4, -0.2) is 0 Å². The van der Waals surface area contributed by atoms with Crippen LogP contribution in [0.15, 0.2) is 48.1 Å². The summed E-state index contributed by atoms with van der Waals surface area (Å²) in [6, 6.07) is 0. The summed E-state index contributed by atoms with van der Waals surface area (Å²) in [4.78, 5) is 0.